The van der Waals surface area contributed by atoms with E-state index in [9.17, 15) is 9.59 Å². The molecule has 1 aromatic rings. The highest BCUT2D eigenvalue weighted by molar-refractivity contribution is 5.94. The van der Waals surface area contributed by atoms with Crippen LogP contribution in [0.5, 0.6) is 0 Å². The van der Waals surface area contributed by atoms with E-state index in [2.05, 4.69) is 4.98 Å². The molecule has 0 amide bonds. The number of Topliss-reactive ketones (excluding diaryl/α,β-unsaturated/α-hetero) is 1. The quantitative estimate of drug-likeness (QED) is 0.412. The van der Waals surface area contributed by atoms with Crippen molar-refractivity contribution in [2.24, 2.45) is 7.05 Å². The van der Waals surface area contributed by atoms with Crippen LogP contribution >= 0.6 is 0 Å². The molecule has 1 rings (SSSR count). The predicted octanol–water partition coefficient (Wildman–Crippen LogP) is 2.42. The highest BCUT2D eigenvalue weighted by atomic mass is 16.5. The number of ketones is 1. The van der Waals surface area contributed by atoms with Crippen molar-refractivity contribution in [2.75, 3.05) is 6.61 Å². The number of esters is 1. The minimum Gasteiger partial charge on any atom is -0.466 e. The molecule has 1 heterocycles. The Morgan fingerprint density at radius 1 is 1.26 bits per heavy atom. The van der Waals surface area contributed by atoms with Gasteiger partial charge in [-0.05, 0) is 19.8 Å². The maximum absolute atomic E-state index is 11.8. The van der Waals surface area contributed by atoms with Gasteiger partial charge in [-0.15, -0.1) is 0 Å². The zero-order valence-corrected chi connectivity index (χ0v) is 11.9. The maximum Gasteiger partial charge on any atom is 0.302 e. The van der Waals surface area contributed by atoms with Gasteiger partial charge in [0.05, 0.1) is 6.61 Å². The number of hydrogen-bond acceptors (Lipinski definition) is 4. The second-order valence-corrected chi connectivity index (χ2v) is 4.71. The number of ether oxygens (including phenoxy) is 1. The zero-order chi connectivity index (χ0) is 14.3. The van der Waals surface area contributed by atoms with Crippen molar-refractivity contribution >= 4 is 11.8 Å². The third-order valence-corrected chi connectivity index (χ3v) is 3.00. The summed E-state index contributed by atoms with van der Waals surface area (Å²) in [6.07, 6.45) is 5.97. The van der Waals surface area contributed by atoms with Crippen LogP contribution in [0.1, 0.15) is 55.3 Å². The lowest BCUT2D eigenvalue weighted by Crippen LogP contribution is -2.01. The molecule has 106 valence electrons. The van der Waals surface area contributed by atoms with Crippen LogP contribution in [-0.2, 0) is 16.6 Å². The van der Waals surface area contributed by atoms with Gasteiger partial charge in [0.15, 0.2) is 5.78 Å². The van der Waals surface area contributed by atoms with Gasteiger partial charge in [0, 0.05) is 26.6 Å². The zero-order valence-electron chi connectivity index (χ0n) is 11.9. The van der Waals surface area contributed by atoms with Crippen LogP contribution in [-0.4, -0.2) is 27.9 Å². The number of hydrogen-bond donors (Lipinski definition) is 0. The number of imidazole rings is 1. The molecule has 0 saturated heterocycles. The number of carbonyl (C=O) groups is 2. The molecule has 0 aliphatic heterocycles. The lowest BCUT2D eigenvalue weighted by atomic mass is 10.1. The number of aryl methyl sites for hydroxylation is 2. The minimum atomic E-state index is -0.235. The summed E-state index contributed by atoms with van der Waals surface area (Å²) in [6.45, 7) is 3.77. The summed E-state index contributed by atoms with van der Waals surface area (Å²) in [5.74, 6) is 0.717. The summed E-state index contributed by atoms with van der Waals surface area (Å²) >= 11 is 0. The van der Waals surface area contributed by atoms with Crippen LogP contribution < -0.4 is 0 Å². The Labute approximate surface area is 114 Å². The van der Waals surface area contributed by atoms with Crippen LogP contribution in [0.25, 0.3) is 0 Å². The van der Waals surface area contributed by atoms with Gasteiger partial charge in [0.1, 0.15) is 11.5 Å². The van der Waals surface area contributed by atoms with E-state index >= 15 is 0 Å². The Bertz CT molecular complexity index is 418. The molecular weight excluding hydrogens is 244 g/mol. The summed E-state index contributed by atoms with van der Waals surface area (Å²) in [6, 6.07) is 0. The Morgan fingerprint density at radius 2 is 1.95 bits per heavy atom. The van der Waals surface area contributed by atoms with E-state index in [1.165, 1.54) is 6.92 Å². The summed E-state index contributed by atoms with van der Waals surface area (Å²) in [4.78, 5) is 26.6. The molecule has 0 fully saturated rings. The van der Waals surface area contributed by atoms with Gasteiger partial charge in [-0.25, -0.2) is 4.98 Å². The van der Waals surface area contributed by atoms with Crippen molar-refractivity contribution in [3.8, 4) is 0 Å². The average Bonchev–Trinajstić information content (AvgIpc) is 2.68. The topological polar surface area (TPSA) is 61.2 Å². The average molecular weight is 266 g/mol. The summed E-state index contributed by atoms with van der Waals surface area (Å²) in [5, 5.41) is 0. The van der Waals surface area contributed by atoms with E-state index < -0.39 is 0 Å². The van der Waals surface area contributed by atoms with Crippen LogP contribution in [0.2, 0.25) is 0 Å². The number of carbonyl (C=O) groups excluding carboxylic acids is 2. The summed E-state index contributed by atoms with van der Waals surface area (Å²) in [5.41, 5.74) is 0.555. The van der Waals surface area contributed by atoms with E-state index in [0.717, 1.165) is 31.5 Å². The van der Waals surface area contributed by atoms with Crippen molar-refractivity contribution in [1.82, 2.24) is 9.55 Å². The van der Waals surface area contributed by atoms with Gasteiger partial charge < -0.3 is 9.30 Å². The van der Waals surface area contributed by atoms with Crippen LogP contribution in [0, 0.1) is 6.92 Å². The molecule has 5 heteroatoms. The molecule has 0 unspecified atom stereocenters. The van der Waals surface area contributed by atoms with Crippen LogP contribution in [0.4, 0.5) is 0 Å². The van der Waals surface area contributed by atoms with Gasteiger partial charge >= 0.3 is 5.97 Å². The molecule has 0 atom stereocenters. The first-order chi connectivity index (χ1) is 9.00. The molecule has 5 nitrogen and oxygen atoms in total. The molecule has 0 N–H and O–H groups in total. The first kappa shape index (κ1) is 15.4. The fourth-order valence-electron chi connectivity index (χ4n) is 1.78. The van der Waals surface area contributed by atoms with E-state index in [4.69, 9.17) is 4.74 Å². The SMILES string of the molecule is CC(=O)OCCCCCCC(=O)c1cn(C)c(C)n1. The first-order valence-electron chi connectivity index (χ1n) is 6.67. The van der Waals surface area contributed by atoms with E-state index in [1.54, 1.807) is 6.20 Å². The second kappa shape index (κ2) is 7.71. The lowest BCUT2D eigenvalue weighted by molar-refractivity contribution is -0.141. The molecule has 19 heavy (non-hydrogen) atoms. The first-order valence-corrected chi connectivity index (χ1v) is 6.67. The predicted molar refractivity (Wildman–Crippen MR) is 72.0 cm³/mol. The monoisotopic (exact) mass is 266 g/mol. The largest absolute Gasteiger partial charge is 0.466 e. The number of nitrogens with zero attached hydrogens (tertiary/aromatic N) is 2. The fourth-order valence-corrected chi connectivity index (χ4v) is 1.78. The van der Waals surface area contributed by atoms with Crippen molar-refractivity contribution in [3.05, 3.63) is 17.7 Å². The molecule has 0 radical (unpaired) electrons. The third-order valence-electron chi connectivity index (χ3n) is 3.00. The smallest absolute Gasteiger partial charge is 0.302 e. The molecule has 1 aromatic heterocycles. The van der Waals surface area contributed by atoms with Crippen molar-refractivity contribution < 1.29 is 14.3 Å². The highest BCUT2D eigenvalue weighted by Gasteiger charge is 2.10. The molecule has 0 saturated carbocycles. The third kappa shape index (κ3) is 5.68. The van der Waals surface area contributed by atoms with Gasteiger partial charge in [0.25, 0.3) is 0 Å². The Morgan fingerprint density at radius 3 is 2.53 bits per heavy atom. The van der Waals surface area contributed by atoms with Crippen molar-refractivity contribution in [2.45, 2.75) is 46.0 Å². The van der Waals surface area contributed by atoms with Crippen LogP contribution in [0.15, 0.2) is 6.20 Å². The van der Waals surface area contributed by atoms with Crippen LogP contribution in [0.3, 0.4) is 0 Å². The Balaban J connectivity index is 2.12. The normalized spacial score (nSPS) is 10.5. The maximum atomic E-state index is 11.8. The van der Waals surface area contributed by atoms with Crippen molar-refractivity contribution in [3.63, 3.8) is 0 Å². The van der Waals surface area contributed by atoms with Gasteiger partial charge in [0.2, 0.25) is 0 Å². The van der Waals surface area contributed by atoms with Gasteiger partial charge in [-0.1, -0.05) is 12.8 Å². The summed E-state index contributed by atoms with van der Waals surface area (Å²) < 4.78 is 6.69. The Hall–Kier alpha value is -1.65. The van der Waals surface area contributed by atoms with E-state index in [1.807, 2.05) is 18.5 Å². The van der Waals surface area contributed by atoms with E-state index in [-0.39, 0.29) is 11.8 Å². The summed E-state index contributed by atoms with van der Waals surface area (Å²) in [7, 11) is 1.88. The Kier molecular flexibility index (Phi) is 6.25. The number of unbranched alkanes of at least 4 members (excludes halogenated alkanes) is 3. The molecule has 0 aliphatic rings. The molecular formula is C14H22N2O3. The van der Waals surface area contributed by atoms with Gasteiger partial charge in [-0.3, -0.25) is 9.59 Å². The van der Waals surface area contributed by atoms with Crippen molar-refractivity contribution in [1.29, 1.82) is 0 Å². The molecule has 0 bridgehead atoms. The lowest BCUT2D eigenvalue weighted by Gasteiger charge is -2.01. The molecule has 0 aromatic carbocycles. The highest BCUT2D eigenvalue weighted by Crippen LogP contribution is 2.09. The van der Waals surface area contributed by atoms with Gasteiger partial charge in [-0.2, -0.15) is 0 Å². The standard InChI is InChI=1S/C14H22N2O3/c1-11-15-13(10-16(11)3)14(18)8-6-4-5-7-9-19-12(2)17/h10H,4-9H2,1-3H3. The molecule has 0 aliphatic carbocycles. The number of aromatic nitrogens is 2. The fraction of sp³-hybridized carbons (Fsp3) is 0.643. The number of rotatable bonds is 8. The van der Waals surface area contributed by atoms with E-state index in [0.29, 0.717) is 18.7 Å². The second-order valence-electron chi connectivity index (χ2n) is 4.71. The molecule has 0 spiro atoms. The minimum absolute atomic E-state index is 0.101.